The molecule has 1 heterocycles. The zero-order valence-corrected chi connectivity index (χ0v) is 17.5. The Balaban J connectivity index is 1.48. The summed E-state index contributed by atoms with van der Waals surface area (Å²) in [6.07, 6.45) is 0. The molecule has 162 valence electrons. The molecule has 0 aliphatic rings. The van der Waals surface area contributed by atoms with Crippen LogP contribution in [0.15, 0.2) is 93.0 Å². The zero-order valence-electron chi connectivity index (χ0n) is 16.6. The molecule has 0 radical (unpaired) electrons. The lowest BCUT2D eigenvalue weighted by atomic mass is 10.0. The fourth-order valence-corrected chi connectivity index (χ4v) is 3.68. The number of benzene rings is 3. The number of rotatable bonds is 6. The van der Waals surface area contributed by atoms with Gasteiger partial charge in [0.2, 0.25) is 10.0 Å². The molecule has 4 aromatic rings. The third-order valence-corrected chi connectivity index (χ3v) is 5.57. The number of nitrogens with one attached hydrogen (secondary N) is 1. The molecule has 9 heteroatoms. The molecular formula is C23H18N2O6S. The fraction of sp³-hybridized carbons (Fsp3) is 0.0435. The number of hydrogen-bond donors (Lipinski definition) is 2. The second-order valence-electron chi connectivity index (χ2n) is 6.91. The maximum Gasteiger partial charge on any atom is 0.336 e. The lowest BCUT2D eigenvalue weighted by molar-refractivity contribution is -0.118. The van der Waals surface area contributed by atoms with Crippen LogP contribution in [-0.2, 0) is 14.8 Å². The highest BCUT2D eigenvalue weighted by molar-refractivity contribution is 7.89. The predicted octanol–water partition coefficient (Wildman–Crippen LogP) is 3.12. The number of nitrogens with two attached hydrogens (primary N) is 1. The number of sulfonamides is 1. The third-order valence-electron chi connectivity index (χ3n) is 4.64. The van der Waals surface area contributed by atoms with Crippen LogP contribution in [0.5, 0.6) is 5.75 Å². The highest BCUT2D eigenvalue weighted by atomic mass is 32.2. The van der Waals surface area contributed by atoms with E-state index in [1.807, 2.05) is 30.3 Å². The van der Waals surface area contributed by atoms with E-state index in [0.29, 0.717) is 17.0 Å². The third kappa shape index (κ3) is 4.85. The van der Waals surface area contributed by atoms with Crippen molar-refractivity contribution < 1.29 is 22.4 Å². The minimum atomic E-state index is -3.80. The number of primary sulfonamides is 1. The highest BCUT2D eigenvalue weighted by Crippen LogP contribution is 2.29. The molecule has 1 amide bonds. The average Bonchev–Trinajstić information content (AvgIpc) is 2.77. The van der Waals surface area contributed by atoms with Crippen LogP contribution in [0.3, 0.4) is 0 Å². The molecular weight excluding hydrogens is 432 g/mol. The second-order valence-corrected chi connectivity index (χ2v) is 8.47. The van der Waals surface area contributed by atoms with Crippen molar-refractivity contribution in [2.45, 2.75) is 4.90 Å². The zero-order chi connectivity index (χ0) is 22.7. The van der Waals surface area contributed by atoms with Gasteiger partial charge in [-0.05, 0) is 47.5 Å². The van der Waals surface area contributed by atoms with E-state index < -0.39 is 21.6 Å². The lowest BCUT2D eigenvalue weighted by Gasteiger charge is -2.10. The van der Waals surface area contributed by atoms with E-state index in [9.17, 15) is 18.0 Å². The van der Waals surface area contributed by atoms with Crippen molar-refractivity contribution in [1.29, 1.82) is 0 Å². The van der Waals surface area contributed by atoms with E-state index in [0.717, 1.165) is 16.5 Å². The lowest BCUT2D eigenvalue weighted by Crippen LogP contribution is -2.20. The molecule has 0 unspecified atom stereocenters. The first-order valence-corrected chi connectivity index (χ1v) is 11.0. The number of carbonyl (C=O) groups excluding carboxylic acids is 1. The Morgan fingerprint density at radius 3 is 2.38 bits per heavy atom. The van der Waals surface area contributed by atoms with Crippen molar-refractivity contribution in [1.82, 2.24) is 0 Å². The van der Waals surface area contributed by atoms with E-state index >= 15 is 0 Å². The van der Waals surface area contributed by atoms with Crippen LogP contribution in [0.1, 0.15) is 0 Å². The molecule has 0 bridgehead atoms. The summed E-state index contributed by atoms with van der Waals surface area (Å²) in [5, 5.41) is 8.38. The van der Waals surface area contributed by atoms with Gasteiger partial charge >= 0.3 is 5.63 Å². The monoisotopic (exact) mass is 450 g/mol. The van der Waals surface area contributed by atoms with Gasteiger partial charge in [0.25, 0.3) is 5.91 Å². The van der Waals surface area contributed by atoms with Gasteiger partial charge in [0.05, 0.1) is 4.90 Å². The van der Waals surface area contributed by atoms with Gasteiger partial charge in [0.15, 0.2) is 6.61 Å². The standard InChI is InChI=1S/C23H18N2O6S/c24-32(28,29)18-9-6-16(7-10-18)25-22(26)14-30-17-8-11-19-20(15-4-2-1-3-5-15)13-23(27)31-21(19)12-17/h1-13H,14H2,(H,25,26)(H2,24,28,29). The van der Waals surface area contributed by atoms with Crippen LogP contribution in [0.4, 0.5) is 5.69 Å². The quantitative estimate of drug-likeness (QED) is 0.434. The van der Waals surface area contributed by atoms with Gasteiger partial charge in [-0.15, -0.1) is 0 Å². The molecule has 3 N–H and O–H groups in total. The van der Waals surface area contributed by atoms with Crippen molar-refractivity contribution in [2.75, 3.05) is 11.9 Å². The number of carbonyl (C=O) groups is 1. The maximum absolute atomic E-state index is 12.2. The topological polar surface area (TPSA) is 129 Å². The minimum Gasteiger partial charge on any atom is -0.484 e. The number of anilines is 1. The SMILES string of the molecule is NS(=O)(=O)c1ccc(NC(=O)COc2ccc3c(-c4ccccc4)cc(=O)oc3c2)cc1. The average molecular weight is 450 g/mol. The Morgan fingerprint density at radius 1 is 0.969 bits per heavy atom. The Bertz CT molecular complexity index is 1450. The molecule has 0 aliphatic carbocycles. The first kappa shape index (κ1) is 21.3. The van der Waals surface area contributed by atoms with Gasteiger partial charge in [-0.2, -0.15) is 0 Å². The summed E-state index contributed by atoms with van der Waals surface area (Å²) in [7, 11) is -3.80. The van der Waals surface area contributed by atoms with Gasteiger partial charge in [-0.25, -0.2) is 18.4 Å². The largest absolute Gasteiger partial charge is 0.484 e. The first-order chi connectivity index (χ1) is 15.3. The molecule has 0 spiro atoms. The molecule has 8 nitrogen and oxygen atoms in total. The molecule has 0 atom stereocenters. The van der Waals surface area contributed by atoms with E-state index in [-0.39, 0.29) is 11.5 Å². The van der Waals surface area contributed by atoms with Crippen LogP contribution in [0, 0.1) is 0 Å². The normalized spacial score (nSPS) is 11.3. The van der Waals surface area contributed by atoms with Crippen LogP contribution >= 0.6 is 0 Å². The summed E-state index contributed by atoms with van der Waals surface area (Å²) in [6, 6.07) is 21.3. The summed E-state index contributed by atoms with van der Waals surface area (Å²) < 4.78 is 33.4. The number of fused-ring (bicyclic) bond motifs is 1. The summed E-state index contributed by atoms with van der Waals surface area (Å²) in [6.45, 7) is -0.301. The molecule has 0 saturated heterocycles. The number of ether oxygens (including phenoxy) is 1. The van der Waals surface area contributed by atoms with Gasteiger partial charge in [-0.1, -0.05) is 30.3 Å². The summed E-state index contributed by atoms with van der Waals surface area (Å²) in [5.41, 5.74) is 1.86. The van der Waals surface area contributed by atoms with Crippen LogP contribution < -0.4 is 20.8 Å². The Kier molecular flexibility index (Phi) is 5.76. The molecule has 4 rings (SSSR count). The van der Waals surface area contributed by atoms with E-state index in [4.69, 9.17) is 14.3 Å². The fourth-order valence-electron chi connectivity index (χ4n) is 3.16. The molecule has 0 saturated carbocycles. The van der Waals surface area contributed by atoms with Crippen molar-refractivity contribution in [3.05, 3.63) is 89.3 Å². The summed E-state index contributed by atoms with van der Waals surface area (Å²) in [5.74, 6) is -0.0986. The summed E-state index contributed by atoms with van der Waals surface area (Å²) >= 11 is 0. The van der Waals surface area contributed by atoms with Crippen molar-refractivity contribution in [3.8, 4) is 16.9 Å². The van der Waals surface area contributed by atoms with E-state index in [1.165, 1.54) is 30.3 Å². The van der Waals surface area contributed by atoms with E-state index in [2.05, 4.69) is 5.32 Å². The minimum absolute atomic E-state index is 0.0562. The molecule has 1 aromatic heterocycles. The van der Waals surface area contributed by atoms with Crippen LogP contribution in [0.2, 0.25) is 0 Å². The summed E-state index contributed by atoms with van der Waals surface area (Å²) in [4.78, 5) is 24.1. The molecule has 0 aliphatic heterocycles. The Morgan fingerprint density at radius 2 is 1.69 bits per heavy atom. The second kappa shape index (κ2) is 8.66. The Labute approximate surface area is 183 Å². The number of amides is 1. The molecule has 0 fully saturated rings. The van der Waals surface area contributed by atoms with Crippen molar-refractivity contribution >= 4 is 32.6 Å². The van der Waals surface area contributed by atoms with Gasteiger partial charge < -0.3 is 14.5 Å². The van der Waals surface area contributed by atoms with Crippen molar-refractivity contribution in [2.24, 2.45) is 5.14 Å². The van der Waals surface area contributed by atoms with Crippen LogP contribution in [-0.4, -0.2) is 20.9 Å². The Hall–Kier alpha value is -3.95. The van der Waals surface area contributed by atoms with Gasteiger partial charge in [-0.3, -0.25) is 4.79 Å². The predicted molar refractivity (Wildman–Crippen MR) is 120 cm³/mol. The smallest absolute Gasteiger partial charge is 0.336 e. The van der Waals surface area contributed by atoms with Crippen molar-refractivity contribution in [3.63, 3.8) is 0 Å². The number of hydrogen-bond acceptors (Lipinski definition) is 6. The first-order valence-electron chi connectivity index (χ1n) is 9.48. The molecule has 32 heavy (non-hydrogen) atoms. The van der Waals surface area contributed by atoms with Gasteiger partial charge in [0, 0.05) is 23.2 Å². The van der Waals surface area contributed by atoms with E-state index in [1.54, 1.807) is 18.2 Å². The maximum atomic E-state index is 12.2. The highest BCUT2D eigenvalue weighted by Gasteiger charge is 2.11. The van der Waals surface area contributed by atoms with Crippen LogP contribution in [0.25, 0.3) is 22.1 Å². The van der Waals surface area contributed by atoms with Gasteiger partial charge in [0.1, 0.15) is 11.3 Å². The molecule has 3 aromatic carbocycles.